The molecule has 2 N–H and O–H groups in total. The van der Waals surface area contributed by atoms with Crippen LogP contribution in [0.3, 0.4) is 0 Å². The topological polar surface area (TPSA) is 123 Å². The molecule has 2 rings (SSSR count). The number of hydrogen-bond acceptors (Lipinski definition) is 6. The van der Waals surface area contributed by atoms with Crippen LogP contribution >= 0.6 is 0 Å². The van der Waals surface area contributed by atoms with Crippen LogP contribution in [-0.2, 0) is 4.79 Å². The fourth-order valence-electron chi connectivity index (χ4n) is 2.39. The second-order valence-corrected chi connectivity index (χ2v) is 5.59. The van der Waals surface area contributed by atoms with Crippen molar-refractivity contribution in [3.8, 4) is 5.75 Å². The second-order valence-electron chi connectivity index (χ2n) is 5.59. The first-order valence-corrected chi connectivity index (χ1v) is 8.04. The summed E-state index contributed by atoms with van der Waals surface area (Å²) in [5.41, 5.74) is 1.92. The van der Waals surface area contributed by atoms with Crippen molar-refractivity contribution in [1.82, 2.24) is 0 Å². The van der Waals surface area contributed by atoms with Gasteiger partial charge in [-0.15, -0.1) is 0 Å². The third-order valence-electron chi connectivity index (χ3n) is 3.74. The van der Waals surface area contributed by atoms with Gasteiger partial charge in [-0.2, -0.15) is 4.99 Å². The molecule has 0 spiro atoms. The number of carbonyl (C=O) groups excluding carboxylic acids is 2. The molecule has 0 unspecified atom stereocenters. The van der Waals surface area contributed by atoms with Gasteiger partial charge in [-0.05, 0) is 32.4 Å². The number of nitrogens with zero attached hydrogens (tertiary/aromatic N) is 2. The Bertz CT molecular complexity index is 936. The van der Waals surface area contributed by atoms with Crippen LogP contribution in [0, 0.1) is 24.0 Å². The Hall–Kier alpha value is -3.71. The number of nitrogens with one attached hydrogen (secondary N) is 2. The molecule has 0 aliphatic rings. The van der Waals surface area contributed by atoms with E-state index in [9.17, 15) is 19.7 Å². The predicted molar refractivity (Wildman–Crippen MR) is 101 cm³/mol. The summed E-state index contributed by atoms with van der Waals surface area (Å²) in [5, 5.41) is 16.2. The number of anilines is 2. The van der Waals surface area contributed by atoms with E-state index in [1.165, 1.54) is 12.1 Å². The third-order valence-corrected chi connectivity index (χ3v) is 3.74. The standard InChI is InChI=1S/C18H18N4O5/c1-4-27-14-8-15(19-10-23)12(3)16(9-14)21-18(24)20-13-6-5-11(2)17(7-13)22(25)26/h5-9H,4H2,1-3H3,(H2,20,21,24). The summed E-state index contributed by atoms with van der Waals surface area (Å²) < 4.78 is 5.41. The Kier molecular flexibility index (Phi) is 6.24. The van der Waals surface area contributed by atoms with Gasteiger partial charge < -0.3 is 15.4 Å². The zero-order valence-corrected chi connectivity index (χ0v) is 15.0. The van der Waals surface area contributed by atoms with E-state index in [0.717, 1.165) is 0 Å². The first-order valence-electron chi connectivity index (χ1n) is 8.04. The zero-order chi connectivity index (χ0) is 20.0. The van der Waals surface area contributed by atoms with Gasteiger partial charge in [0.2, 0.25) is 6.08 Å². The van der Waals surface area contributed by atoms with Gasteiger partial charge in [0.15, 0.2) is 0 Å². The lowest BCUT2D eigenvalue weighted by molar-refractivity contribution is -0.385. The Morgan fingerprint density at radius 2 is 2.00 bits per heavy atom. The lowest BCUT2D eigenvalue weighted by Gasteiger charge is -2.13. The molecule has 2 aromatic carbocycles. The molecule has 0 atom stereocenters. The molecular formula is C18H18N4O5. The molecule has 9 heteroatoms. The van der Waals surface area contributed by atoms with Crippen molar-refractivity contribution in [1.29, 1.82) is 0 Å². The van der Waals surface area contributed by atoms with Crippen LogP contribution in [0.1, 0.15) is 18.1 Å². The van der Waals surface area contributed by atoms with Crippen molar-refractivity contribution < 1.29 is 19.2 Å². The van der Waals surface area contributed by atoms with Crippen LogP contribution < -0.4 is 15.4 Å². The number of benzene rings is 2. The molecule has 9 nitrogen and oxygen atoms in total. The normalized spacial score (nSPS) is 9.89. The first-order chi connectivity index (χ1) is 12.8. The number of nitro benzene ring substituents is 1. The van der Waals surface area contributed by atoms with Gasteiger partial charge in [0.05, 0.1) is 22.9 Å². The molecule has 0 aromatic heterocycles. The highest BCUT2D eigenvalue weighted by molar-refractivity contribution is 6.01. The van der Waals surface area contributed by atoms with Crippen molar-refractivity contribution in [2.75, 3.05) is 17.2 Å². The number of carbonyl (C=O) groups is 1. The first kappa shape index (κ1) is 19.6. The minimum atomic E-state index is -0.606. The molecule has 0 aliphatic carbocycles. The number of rotatable bonds is 6. The summed E-state index contributed by atoms with van der Waals surface area (Å²) in [6, 6.07) is 6.95. The largest absolute Gasteiger partial charge is 0.494 e. The summed E-state index contributed by atoms with van der Waals surface area (Å²) in [5.74, 6) is 0.429. The molecule has 0 bridgehead atoms. The van der Waals surface area contributed by atoms with Crippen LogP contribution in [0.25, 0.3) is 0 Å². The average molecular weight is 370 g/mol. The molecule has 0 heterocycles. The molecule has 27 heavy (non-hydrogen) atoms. The second kappa shape index (κ2) is 8.59. The monoisotopic (exact) mass is 370 g/mol. The van der Waals surface area contributed by atoms with Gasteiger partial charge in [0, 0.05) is 29.4 Å². The number of aliphatic imine (C=N–C) groups is 1. The SMILES string of the molecule is CCOc1cc(N=C=O)c(C)c(NC(=O)Nc2ccc(C)c([N+](=O)[O-])c2)c1. The van der Waals surface area contributed by atoms with Gasteiger partial charge in [-0.3, -0.25) is 10.1 Å². The van der Waals surface area contributed by atoms with Gasteiger partial charge in [0.25, 0.3) is 5.69 Å². The van der Waals surface area contributed by atoms with E-state index in [2.05, 4.69) is 15.6 Å². The smallest absolute Gasteiger partial charge is 0.323 e. The molecule has 140 valence electrons. The van der Waals surface area contributed by atoms with Crippen molar-refractivity contribution in [3.63, 3.8) is 0 Å². The molecule has 2 amide bonds. The number of nitro groups is 1. The number of hydrogen-bond donors (Lipinski definition) is 2. The maximum absolute atomic E-state index is 12.3. The van der Waals surface area contributed by atoms with E-state index in [-0.39, 0.29) is 11.4 Å². The van der Waals surface area contributed by atoms with Crippen LogP contribution in [-0.4, -0.2) is 23.6 Å². The predicted octanol–water partition coefficient (Wildman–Crippen LogP) is 4.22. The van der Waals surface area contributed by atoms with E-state index in [1.807, 2.05) is 0 Å². The highest BCUT2D eigenvalue weighted by atomic mass is 16.6. The molecule has 0 fully saturated rings. The maximum Gasteiger partial charge on any atom is 0.323 e. The fraction of sp³-hybridized carbons (Fsp3) is 0.222. The zero-order valence-electron chi connectivity index (χ0n) is 15.0. The molecule has 0 saturated heterocycles. The minimum Gasteiger partial charge on any atom is -0.494 e. The molecule has 0 aliphatic heterocycles. The fourth-order valence-corrected chi connectivity index (χ4v) is 2.39. The van der Waals surface area contributed by atoms with E-state index in [0.29, 0.717) is 34.9 Å². The Morgan fingerprint density at radius 3 is 2.63 bits per heavy atom. The summed E-state index contributed by atoms with van der Waals surface area (Å²) in [6.07, 6.45) is 1.46. The van der Waals surface area contributed by atoms with Crippen LogP contribution in [0.4, 0.5) is 27.5 Å². The van der Waals surface area contributed by atoms with Crippen LogP contribution in [0.2, 0.25) is 0 Å². The maximum atomic E-state index is 12.3. The quantitative estimate of drug-likeness (QED) is 0.341. The molecule has 0 saturated carbocycles. The summed E-state index contributed by atoms with van der Waals surface area (Å²) in [6.45, 7) is 5.48. The van der Waals surface area contributed by atoms with Gasteiger partial charge in [-0.25, -0.2) is 9.59 Å². The Balaban J connectivity index is 2.26. The number of isocyanates is 1. The number of aryl methyl sites for hydroxylation is 1. The highest BCUT2D eigenvalue weighted by Gasteiger charge is 2.14. The Morgan fingerprint density at radius 1 is 1.26 bits per heavy atom. The minimum absolute atomic E-state index is 0.0927. The van der Waals surface area contributed by atoms with Crippen molar-refractivity contribution >= 4 is 34.9 Å². The lowest BCUT2D eigenvalue weighted by Crippen LogP contribution is -2.20. The number of ether oxygens (including phenoxy) is 1. The van der Waals surface area contributed by atoms with E-state index >= 15 is 0 Å². The van der Waals surface area contributed by atoms with Crippen molar-refractivity contribution in [3.05, 3.63) is 51.6 Å². The average Bonchev–Trinajstić information content (AvgIpc) is 2.60. The summed E-state index contributed by atoms with van der Waals surface area (Å²) in [4.78, 5) is 37.0. The third kappa shape index (κ3) is 4.90. The van der Waals surface area contributed by atoms with Gasteiger partial charge in [-0.1, -0.05) is 6.07 Å². The lowest BCUT2D eigenvalue weighted by atomic mass is 10.1. The van der Waals surface area contributed by atoms with E-state index in [4.69, 9.17) is 4.74 Å². The van der Waals surface area contributed by atoms with E-state index < -0.39 is 11.0 Å². The summed E-state index contributed by atoms with van der Waals surface area (Å²) >= 11 is 0. The Labute approximate surface area is 155 Å². The van der Waals surface area contributed by atoms with Crippen molar-refractivity contribution in [2.24, 2.45) is 4.99 Å². The molecule has 2 aromatic rings. The van der Waals surface area contributed by atoms with Gasteiger partial charge in [0.1, 0.15) is 5.75 Å². The van der Waals surface area contributed by atoms with Crippen LogP contribution in [0.5, 0.6) is 5.75 Å². The number of urea groups is 1. The molecular weight excluding hydrogens is 352 g/mol. The van der Waals surface area contributed by atoms with E-state index in [1.54, 1.807) is 45.0 Å². The molecule has 0 radical (unpaired) electrons. The van der Waals surface area contributed by atoms with Gasteiger partial charge >= 0.3 is 6.03 Å². The number of amides is 2. The highest BCUT2D eigenvalue weighted by Crippen LogP contribution is 2.32. The van der Waals surface area contributed by atoms with Crippen molar-refractivity contribution in [2.45, 2.75) is 20.8 Å². The summed E-state index contributed by atoms with van der Waals surface area (Å²) in [7, 11) is 0. The van der Waals surface area contributed by atoms with Crippen LogP contribution in [0.15, 0.2) is 35.3 Å².